The van der Waals surface area contributed by atoms with Crippen molar-refractivity contribution in [1.29, 1.82) is 0 Å². The van der Waals surface area contributed by atoms with Crippen molar-refractivity contribution in [3.63, 3.8) is 0 Å². The highest BCUT2D eigenvalue weighted by atomic mass is 16.5. The molecule has 1 aliphatic heterocycles. The lowest BCUT2D eigenvalue weighted by atomic mass is 10.0. The first-order chi connectivity index (χ1) is 13.2. The molecule has 1 aliphatic rings. The smallest absolute Gasteiger partial charge is 0.137 e. The van der Waals surface area contributed by atoms with Crippen molar-refractivity contribution < 1.29 is 4.74 Å². The van der Waals surface area contributed by atoms with Crippen molar-refractivity contribution in [2.75, 3.05) is 38.2 Å². The molecule has 1 aromatic heterocycles. The molecular weight excluding hydrogens is 334 g/mol. The summed E-state index contributed by atoms with van der Waals surface area (Å²) in [4.78, 5) is 7.45. The van der Waals surface area contributed by atoms with Gasteiger partial charge in [0.25, 0.3) is 0 Å². The van der Waals surface area contributed by atoms with Crippen LogP contribution in [0.1, 0.15) is 18.2 Å². The molecule has 27 heavy (non-hydrogen) atoms. The van der Waals surface area contributed by atoms with Crippen LogP contribution < -0.4 is 15.0 Å². The van der Waals surface area contributed by atoms with Crippen LogP contribution in [0.4, 0.5) is 5.82 Å². The Balaban J connectivity index is 1.75. The molecule has 4 rings (SSSR count). The summed E-state index contributed by atoms with van der Waals surface area (Å²) in [6.07, 6.45) is 2.18. The van der Waals surface area contributed by atoms with Crippen LogP contribution in [-0.4, -0.2) is 38.3 Å². The standard InChI is InChI=1S/C23H25N3O/c1-17(15-18-7-9-20(27-2)10-8-18)22-16-19-5-3-4-6-21(19)23(25-22)26-13-11-24-12-14-26/h3-10,15-16,24H,11-14H2,1-2H3/b17-15-. The van der Waals surface area contributed by atoms with Crippen LogP contribution in [0.25, 0.3) is 22.4 Å². The minimum atomic E-state index is 0.870. The fourth-order valence-corrected chi connectivity index (χ4v) is 3.52. The van der Waals surface area contributed by atoms with Crippen LogP contribution in [0, 0.1) is 0 Å². The number of hydrogen-bond donors (Lipinski definition) is 1. The number of pyridine rings is 1. The Bertz CT molecular complexity index is 957. The Morgan fingerprint density at radius 2 is 1.81 bits per heavy atom. The first-order valence-corrected chi connectivity index (χ1v) is 9.43. The number of rotatable bonds is 4. The third-order valence-electron chi connectivity index (χ3n) is 5.04. The molecule has 4 heteroatoms. The van der Waals surface area contributed by atoms with E-state index in [1.807, 2.05) is 12.1 Å². The summed E-state index contributed by atoms with van der Waals surface area (Å²) in [6, 6.07) is 18.8. The van der Waals surface area contributed by atoms with Crippen LogP contribution in [-0.2, 0) is 0 Å². The summed E-state index contributed by atoms with van der Waals surface area (Å²) in [7, 11) is 1.69. The molecule has 138 valence electrons. The number of allylic oxidation sites excluding steroid dienone is 1. The van der Waals surface area contributed by atoms with Gasteiger partial charge in [0.05, 0.1) is 12.8 Å². The molecule has 4 nitrogen and oxygen atoms in total. The van der Waals surface area contributed by atoms with Gasteiger partial charge in [-0.05, 0) is 47.7 Å². The average Bonchev–Trinajstić information content (AvgIpc) is 2.74. The van der Waals surface area contributed by atoms with E-state index >= 15 is 0 Å². The Morgan fingerprint density at radius 1 is 1.07 bits per heavy atom. The number of methoxy groups -OCH3 is 1. The fourth-order valence-electron chi connectivity index (χ4n) is 3.52. The molecule has 1 N–H and O–H groups in total. The zero-order chi connectivity index (χ0) is 18.6. The van der Waals surface area contributed by atoms with Crippen molar-refractivity contribution >= 4 is 28.2 Å². The van der Waals surface area contributed by atoms with Gasteiger partial charge >= 0.3 is 0 Å². The van der Waals surface area contributed by atoms with Crippen molar-refractivity contribution in [3.8, 4) is 5.75 Å². The van der Waals surface area contributed by atoms with E-state index in [1.54, 1.807) is 7.11 Å². The molecule has 0 unspecified atom stereocenters. The van der Waals surface area contributed by atoms with E-state index in [-0.39, 0.29) is 0 Å². The van der Waals surface area contributed by atoms with Crippen molar-refractivity contribution in [2.24, 2.45) is 0 Å². The lowest BCUT2D eigenvalue weighted by Gasteiger charge is -2.29. The molecule has 0 amide bonds. The average molecular weight is 359 g/mol. The van der Waals surface area contributed by atoms with Gasteiger partial charge < -0.3 is 15.0 Å². The molecule has 0 saturated carbocycles. The van der Waals surface area contributed by atoms with E-state index in [0.29, 0.717) is 0 Å². The summed E-state index contributed by atoms with van der Waals surface area (Å²) in [5, 5.41) is 5.88. The highest BCUT2D eigenvalue weighted by molar-refractivity contribution is 5.95. The third kappa shape index (κ3) is 3.81. The maximum atomic E-state index is 5.25. The maximum Gasteiger partial charge on any atom is 0.137 e. The van der Waals surface area contributed by atoms with E-state index in [4.69, 9.17) is 9.72 Å². The first-order valence-electron chi connectivity index (χ1n) is 9.43. The van der Waals surface area contributed by atoms with Crippen LogP contribution in [0.5, 0.6) is 5.75 Å². The Morgan fingerprint density at radius 3 is 2.56 bits per heavy atom. The van der Waals surface area contributed by atoms with Gasteiger partial charge in [0, 0.05) is 31.6 Å². The number of piperazine rings is 1. The minimum Gasteiger partial charge on any atom is -0.497 e. The lowest BCUT2D eigenvalue weighted by molar-refractivity contribution is 0.415. The molecular formula is C23H25N3O. The number of nitrogens with zero attached hydrogens (tertiary/aromatic N) is 2. The van der Waals surface area contributed by atoms with Crippen LogP contribution in [0.2, 0.25) is 0 Å². The highest BCUT2D eigenvalue weighted by Crippen LogP contribution is 2.29. The quantitative estimate of drug-likeness (QED) is 0.757. The van der Waals surface area contributed by atoms with Gasteiger partial charge in [0.15, 0.2) is 0 Å². The van der Waals surface area contributed by atoms with Crippen LogP contribution in [0.3, 0.4) is 0 Å². The van der Waals surface area contributed by atoms with Gasteiger partial charge in [-0.25, -0.2) is 4.98 Å². The summed E-state index contributed by atoms with van der Waals surface area (Å²) in [5.41, 5.74) is 3.33. The third-order valence-corrected chi connectivity index (χ3v) is 5.04. The van der Waals surface area contributed by atoms with Gasteiger partial charge in [-0.15, -0.1) is 0 Å². The molecule has 1 fully saturated rings. The molecule has 2 aromatic carbocycles. The minimum absolute atomic E-state index is 0.870. The molecule has 1 saturated heterocycles. The molecule has 3 aromatic rings. The predicted octanol–water partition coefficient (Wildman–Crippen LogP) is 4.21. The lowest BCUT2D eigenvalue weighted by Crippen LogP contribution is -2.44. The van der Waals surface area contributed by atoms with E-state index in [9.17, 15) is 0 Å². The number of anilines is 1. The fraction of sp³-hybridized carbons (Fsp3) is 0.261. The zero-order valence-electron chi connectivity index (χ0n) is 15.9. The summed E-state index contributed by atoms with van der Waals surface area (Å²) in [5.74, 6) is 1.96. The van der Waals surface area contributed by atoms with E-state index in [0.717, 1.165) is 54.6 Å². The number of ether oxygens (including phenoxy) is 1. The van der Waals surface area contributed by atoms with Crippen molar-refractivity contribution in [2.45, 2.75) is 6.92 Å². The monoisotopic (exact) mass is 359 g/mol. The predicted molar refractivity (Wildman–Crippen MR) is 113 cm³/mol. The van der Waals surface area contributed by atoms with Gasteiger partial charge in [0.1, 0.15) is 11.6 Å². The van der Waals surface area contributed by atoms with Gasteiger partial charge in [-0.2, -0.15) is 0 Å². The van der Waals surface area contributed by atoms with Gasteiger partial charge in [-0.1, -0.05) is 36.4 Å². The van der Waals surface area contributed by atoms with Crippen LogP contribution in [0.15, 0.2) is 54.6 Å². The van der Waals surface area contributed by atoms with Gasteiger partial charge in [-0.3, -0.25) is 0 Å². The second kappa shape index (κ2) is 7.80. The van der Waals surface area contributed by atoms with E-state index in [2.05, 4.69) is 65.7 Å². The number of nitrogens with one attached hydrogen (secondary N) is 1. The molecule has 0 spiro atoms. The molecule has 0 atom stereocenters. The van der Waals surface area contributed by atoms with E-state index < -0.39 is 0 Å². The topological polar surface area (TPSA) is 37.4 Å². The number of benzene rings is 2. The van der Waals surface area contributed by atoms with Crippen molar-refractivity contribution in [3.05, 3.63) is 65.9 Å². The molecule has 0 bridgehead atoms. The SMILES string of the molecule is COc1ccc(/C=C(/C)c2cc3ccccc3c(N3CCNCC3)n2)cc1. The normalized spacial score (nSPS) is 15.2. The first kappa shape index (κ1) is 17.6. The Labute approximate surface area is 160 Å². The zero-order valence-corrected chi connectivity index (χ0v) is 15.9. The second-order valence-electron chi connectivity index (χ2n) is 6.89. The Hall–Kier alpha value is -2.85. The van der Waals surface area contributed by atoms with E-state index in [1.165, 1.54) is 10.8 Å². The Kier molecular flexibility index (Phi) is 5.07. The number of fused-ring (bicyclic) bond motifs is 1. The number of aromatic nitrogens is 1. The molecule has 2 heterocycles. The molecule has 0 radical (unpaired) electrons. The summed E-state index contributed by atoms with van der Waals surface area (Å²) < 4.78 is 5.25. The van der Waals surface area contributed by atoms with Gasteiger partial charge in [0.2, 0.25) is 0 Å². The van der Waals surface area contributed by atoms with Crippen LogP contribution >= 0.6 is 0 Å². The van der Waals surface area contributed by atoms with Crippen molar-refractivity contribution in [1.82, 2.24) is 10.3 Å². The largest absolute Gasteiger partial charge is 0.497 e. The number of hydrogen-bond acceptors (Lipinski definition) is 4. The maximum absolute atomic E-state index is 5.25. The summed E-state index contributed by atoms with van der Waals surface area (Å²) >= 11 is 0. The summed E-state index contributed by atoms with van der Waals surface area (Å²) in [6.45, 7) is 6.11. The second-order valence-corrected chi connectivity index (χ2v) is 6.89. The molecule has 0 aliphatic carbocycles. The highest BCUT2D eigenvalue weighted by Gasteiger charge is 2.16.